The summed E-state index contributed by atoms with van der Waals surface area (Å²) in [6, 6.07) is 13.9. The van der Waals surface area contributed by atoms with Crippen LogP contribution in [0.3, 0.4) is 0 Å². The van der Waals surface area contributed by atoms with Crippen molar-refractivity contribution in [1.29, 1.82) is 0 Å². The first-order valence-corrected chi connectivity index (χ1v) is 8.35. The number of aromatic nitrogens is 2. The molecule has 0 fully saturated rings. The van der Waals surface area contributed by atoms with Gasteiger partial charge in [0.2, 0.25) is 0 Å². The number of benzene rings is 2. The van der Waals surface area contributed by atoms with E-state index in [1.807, 2.05) is 24.3 Å². The molecule has 3 aromatic rings. The Labute approximate surface area is 161 Å². The van der Waals surface area contributed by atoms with Crippen molar-refractivity contribution in [3.63, 3.8) is 0 Å². The number of anilines is 3. The average molecular weight is 385 g/mol. The van der Waals surface area contributed by atoms with Gasteiger partial charge in [0.1, 0.15) is 29.3 Å². The molecule has 0 atom stereocenters. The Hall–Kier alpha value is -3.32. The lowest BCUT2D eigenvalue weighted by molar-refractivity contribution is 0.102. The van der Waals surface area contributed by atoms with Crippen LogP contribution >= 0.6 is 11.6 Å². The maximum absolute atomic E-state index is 12.6. The van der Waals surface area contributed by atoms with Crippen LogP contribution < -0.4 is 20.1 Å². The van der Waals surface area contributed by atoms with Crippen molar-refractivity contribution in [3.8, 4) is 11.5 Å². The lowest BCUT2D eigenvalue weighted by Crippen LogP contribution is -2.15. The molecule has 1 aromatic heterocycles. The number of hydrogen-bond donors (Lipinski definition) is 2. The van der Waals surface area contributed by atoms with Crippen LogP contribution in [0, 0.1) is 0 Å². The molecule has 0 radical (unpaired) electrons. The monoisotopic (exact) mass is 384 g/mol. The summed E-state index contributed by atoms with van der Waals surface area (Å²) >= 11 is 5.99. The van der Waals surface area contributed by atoms with E-state index in [0.717, 1.165) is 5.69 Å². The van der Waals surface area contributed by atoms with Crippen molar-refractivity contribution in [3.05, 3.63) is 65.6 Å². The molecule has 0 saturated heterocycles. The second-order valence-corrected chi connectivity index (χ2v) is 5.85. The minimum absolute atomic E-state index is 0.185. The minimum atomic E-state index is -0.416. The van der Waals surface area contributed by atoms with Crippen molar-refractivity contribution >= 4 is 34.7 Å². The SMILES string of the molecule is COc1ccc(Cl)cc1NC(=O)c1cc(Nc2ccccc2OC)ncn1. The molecule has 0 aliphatic rings. The van der Waals surface area contributed by atoms with E-state index in [4.69, 9.17) is 21.1 Å². The number of ether oxygens (including phenoxy) is 2. The highest BCUT2D eigenvalue weighted by Gasteiger charge is 2.13. The zero-order chi connectivity index (χ0) is 19.2. The van der Waals surface area contributed by atoms with Crippen LogP contribution in [0.2, 0.25) is 5.02 Å². The van der Waals surface area contributed by atoms with Gasteiger partial charge in [-0.1, -0.05) is 23.7 Å². The van der Waals surface area contributed by atoms with Gasteiger partial charge in [-0.15, -0.1) is 0 Å². The fourth-order valence-corrected chi connectivity index (χ4v) is 2.57. The highest BCUT2D eigenvalue weighted by Crippen LogP contribution is 2.29. The standard InChI is InChI=1S/C19H17ClN4O3/c1-26-16-6-4-3-5-13(16)23-18-10-15(21-11-22-18)19(25)24-14-9-12(20)7-8-17(14)27-2/h3-11H,1-2H3,(H,24,25)(H,21,22,23). The molecule has 0 saturated carbocycles. The summed E-state index contributed by atoms with van der Waals surface area (Å²) in [5.74, 6) is 1.19. The number of carbonyl (C=O) groups excluding carboxylic acids is 1. The van der Waals surface area contributed by atoms with Crippen molar-refractivity contribution in [2.75, 3.05) is 24.9 Å². The molecule has 0 aliphatic heterocycles. The van der Waals surface area contributed by atoms with Crippen molar-refractivity contribution < 1.29 is 14.3 Å². The number of carbonyl (C=O) groups is 1. The van der Waals surface area contributed by atoms with E-state index in [2.05, 4.69) is 20.6 Å². The predicted molar refractivity (Wildman–Crippen MR) is 104 cm³/mol. The average Bonchev–Trinajstić information content (AvgIpc) is 2.69. The number of rotatable bonds is 6. The molecule has 2 N–H and O–H groups in total. The zero-order valence-electron chi connectivity index (χ0n) is 14.7. The minimum Gasteiger partial charge on any atom is -0.495 e. The van der Waals surface area contributed by atoms with Gasteiger partial charge in [0.25, 0.3) is 5.91 Å². The van der Waals surface area contributed by atoms with Gasteiger partial charge >= 0.3 is 0 Å². The summed E-state index contributed by atoms with van der Waals surface area (Å²) in [7, 11) is 3.09. The Kier molecular flexibility index (Phi) is 5.73. The molecule has 27 heavy (non-hydrogen) atoms. The first-order chi connectivity index (χ1) is 13.1. The molecule has 3 rings (SSSR count). The summed E-state index contributed by atoms with van der Waals surface area (Å²) in [5, 5.41) is 6.33. The number of halogens is 1. The second-order valence-electron chi connectivity index (χ2n) is 5.41. The first kappa shape index (κ1) is 18.5. The normalized spacial score (nSPS) is 10.2. The lowest BCUT2D eigenvalue weighted by Gasteiger charge is -2.12. The Morgan fingerprint density at radius 3 is 2.48 bits per heavy atom. The molecular formula is C19H17ClN4O3. The lowest BCUT2D eigenvalue weighted by atomic mass is 10.2. The van der Waals surface area contributed by atoms with Gasteiger partial charge in [0.05, 0.1) is 25.6 Å². The summed E-state index contributed by atoms with van der Waals surface area (Å²) in [6.45, 7) is 0. The molecular weight excluding hydrogens is 368 g/mol. The van der Waals surface area contributed by atoms with E-state index >= 15 is 0 Å². The van der Waals surface area contributed by atoms with Gasteiger partial charge in [0.15, 0.2) is 0 Å². The number of hydrogen-bond acceptors (Lipinski definition) is 6. The smallest absolute Gasteiger partial charge is 0.274 e. The third-order valence-electron chi connectivity index (χ3n) is 3.68. The Balaban J connectivity index is 1.81. The van der Waals surface area contributed by atoms with Gasteiger partial charge in [-0.25, -0.2) is 9.97 Å². The Morgan fingerprint density at radius 2 is 1.70 bits per heavy atom. The van der Waals surface area contributed by atoms with Crippen LogP contribution in [0.5, 0.6) is 11.5 Å². The molecule has 8 heteroatoms. The number of amides is 1. The molecule has 0 unspecified atom stereocenters. The largest absolute Gasteiger partial charge is 0.495 e. The van der Waals surface area contributed by atoms with Crippen LogP contribution in [0.1, 0.15) is 10.5 Å². The van der Waals surface area contributed by atoms with Crippen molar-refractivity contribution in [1.82, 2.24) is 9.97 Å². The third kappa shape index (κ3) is 4.45. The summed E-state index contributed by atoms with van der Waals surface area (Å²) < 4.78 is 10.5. The van der Waals surface area contributed by atoms with E-state index < -0.39 is 5.91 Å². The van der Waals surface area contributed by atoms with Crippen molar-refractivity contribution in [2.24, 2.45) is 0 Å². The number of methoxy groups -OCH3 is 2. The molecule has 0 bridgehead atoms. The molecule has 0 spiro atoms. The van der Waals surface area contributed by atoms with Crippen molar-refractivity contribution in [2.45, 2.75) is 0 Å². The van der Waals surface area contributed by atoms with E-state index in [1.165, 1.54) is 13.4 Å². The van der Waals surface area contributed by atoms with E-state index in [0.29, 0.717) is 28.0 Å². The predicted octanol–water partition coefficient (Wildman–Crippen LogP) is 4.14. The van der Waals surface area contributed by atoms with Crippen LogP contribution in [0.15, 0.2) is 54.9 Å². The van der Waals surface area contributed by atoms with Crippen LogP contribution in [0.4, 0.5) is 17.2 Å². The maximum atomic E-state index is 12.6. The zero-order valence-corrected chi connectivity index (χ0v) is 15.4. The number of nitrogens with one attached hydrogen (secondary N) is 2. The Bertz CT molecular complexity index is 965. The third-order valence-corrected chi connectivity index (χ3v) is 3.91. The fourth-order valence-electron chi connectivity index (χ4n) is 2.40. The molecule has 2 aromatic carbocycles. The first-order valence-electron chi connectivity index (χ1n) is 7.97. The fraction of sp³-hybridized carbons (Fsp3) is 0.105. The highest BCUT2D eigenvalue weighted by molar-refractivity contribution is 6.31. The Morgan fingerprint density at radius 1 is 0.963 bits per heavy atom. The molecule has 1 amide bonds. The second kappa shape index (κ2) is 8.37. The summed E-state index contributed by atoms with van der Waals surface area (Å²) in [6.07, 6.45) is 1.31. The quantitative estimate of drug-likeness (QED) is 0.664. The molecule has 138 valence electrons. The van der Waals surface area contributed by atoms with Gasteiger partial charge < -0.3 is 20.1 Å². The summed E-state index contributed by atoms with van der Waals surface area (Å²) in [4.78, 5) is 20.7. The van der Waals surface area contributed by atoms with Crippen LogP contribution in [-0.4, -0.2) is 30.1 Å². The van der Waals surface area contributed by atoms with E-state index in [1.54, 1.807) is 31.4 Å². The maximum Gasteiger partial charge on any atom is 0.274 e. The van der Waals surface area contributed by atoms with Gasteiger partial charge in [-0.3, -0.25) is 4.79 Å². The molecule has 7 nitrogen and oxygen atoms in total. The number of nitrogens with zero attached hydrogens (tertiary/aromatic N) is 2. The highest BCUT2D eigenvalue weighted by atomic mass is 35.5. The summed E-state index contributed by atoms with van der Waals surface area (Å²) in [5.41, 5.74) is 1.36. The molecule has 1 heterocycles. The van der Waals surface area contributed by atoms with Gasteiger partial charge in [0, 0.05) is 11.1 Å². The molecule has 0 aliphatic carbocycles. The van der Waals surface area contributed by atoms with E-state index in [9.17, 15) is 4.79 Å². The topological polar surface area (TPSA) is 85.4 Å². The van der Waals surface area contributed by atoms with Crippen LogP contribution in [-0.2, 0) is 0 Å². The van der Waals surface area contributed by atoms with E-state index in [-0.39, 0.29) is 5.69 Å². The van der Waals surface area contributed by atoms with Gasteiger partial charge in [-0.2, -0.15) is 0 Å². The van der Waals surface area contributed by atoms with Gasteiger partial charge in [-0.05, 0) is 30.3 Å². The number of para-hydroxylation sites is 2. The van der Waals surface area contributed by atoms with Crippen LogP contribution in [0.25, 0.3) is 0 Å².